The number of carbonyl (C=O) groups is 1. The number of piperazine rings is 1. The zero-order valence-electron chi connectivity index (χ0n) is 15.3. The zero-order valence-corrected chi connectivity index (χ0v) is 17.7. The third-order valence-electron chi connectivity index (χ3n) is 4.47. The van der Waals surface area contributed by atoms with Gasteiger partial charge in [-0.3, -0.25) is 4.98 Å². The van der Waals surface area contributed by atoms with Crippen LogP contribution in [-0.4, -0.2) is 61.9 Å². The van der Waals surface area contributed by atoms with Crippen LogP contribution in [0.2, 0.25) is 0 Å². The van der Waals surface area contributed by atoms with E-state index in [1.165, 1.54) is 22.8 Å². The van der Waals surface area contributed by atoms with Crippen molar-refractivity contribution < 1.29 is 17.9 Å². The fourth-order valence-electron chi connectivity index (χ4n) is 2.95. The highest BCUT2D eigenvalue weighted by Gasteiger charge is 2.30. The number of methoxy groups -OCH3 is 1. The predicted molar refractivity (Wildman–Crippen MR) is 107 cm³/mol. The van der Waals surface area contributed by atoms with Gasteiger partial charge in [-0.2, -0.15) is 4.31 Å². The Morgan fingerprint density at radius 2 is 2.00 bits per heavy atom. The number of hydrogen-bond acceptors (Lipinski definition) is 5. The Bertz CT molecular complexity index is 932. The first-order valence-corrected chi connectivity index (χ1v) is 10.9. The summed E-state index contributed by atoms with van der Waals surface area (Å²) < 4.78 is 32.8. The number of amides is 2. The van der Waals surface area contributed by atoms with Crippen molar-refractivity contribution in [3.63, 3.8) is 0 Å². The molecule has 10 heteroatoms. The molecule has 1 N–H and O–H groups in total. The average molecular weight is 469 g/mol. The lowest BCUT2D eigenvalue weighted by molar-refractivity contribution is 0.172. The van der Waals surface area contributed by atoms with Gasteiger partial charge in [0.15, 0.2) is 0 Å². The van der Waals surface area contributed by atoms with Gasteiger partial charge in [0.1, 0.15) is 10.6 Å². The van der Waals surface area contributed by atoms with Gasteiger partial charge in [-0.25, -0.2) is 13.2 Å². The molecule has 0 spiro atoms. The van der Waals surface area contributed by atoms with E-state index in [0.717, 1.165) is 10.0 Å². The molecule has 0 atom stereocenters. The summed E-state index contributed by atoms with van der Waals surface area (Å²) in [6.45, 7) is 1.44. The molecule has 3 rings (SSSR count). The maximum Gasteiger partial charge on any atom is 0.317 e. The monoisotopic (exact) mass is 468 g/mol. The molecule has 28 heavy (non-hydrogen) atoms. The van der Waals surface area contributed by atoms with E-state index in [1.807, 2.05) is 18.2 Å². The van der Waals surface area contributed by atoms with E-state index in [1.54, 1.807) is 18.1 Å². The summed E-state index contributed by atoms with van der Waals surface area (Å²) in [6.07, 6.45) is 2.86. The van der Waals surface area contributed by atoms with E-state index in [2.05, 4.69) is 26.2 Å². The Labute approximate surface area is 172 Å². The van der Waals surface area contributed by atoms with E-state index in [-0.39, 0.29) is 24.0 Å². The van der Waals surface area contributed by atoms with Gasteiger partial charge in [0.2, 0.25) is 10.0 Å². The highest BCUT2D eigenvalue weighted by molar-refractivity contribution is 9.10. The van der Waals surface area contributed by atoms with Crippen LogP contribution in [0.5, 0.6) is 5.75 Å². The average Bonchev–Trinajstić information content (AvgIpc) is 2.73. The third-order valence-corrected chi connectivity index (χ3v) is 6.85. The Balaban J connectivity index is 1.56. The number of aromatic nitrogens is 1. The third kappa shape index (κ3) is 4.62. The molecular weight excluding hydrogens is 448 g/mol. The summed E-state index contributed by atoms with van der Waals surface area (Å²) in [4.78, 5) is 18.1. The molecule has 1 fully saturated rings. The lowest BCUT2D eigenvalue weighted by Crippen LogP contribution is -2.52. The molecule has 2 aromatic rings. The SMILES string of the molecule is COc1ccc(Br)cc1CNC(=O)N1CCN(S(=O)(=O)c2cccnc2)CC1. The van der Waals surface area contributed by atoms with Gasteiger partial charge in [0.05, 0.1) is 7.11 Å². The molecule has 0 saturated carbocycles. The predicted octanol–water partition coefficient (Wildman–Crippen LogP) is 2.07. The van der Waals surface area contributed by atoms with Crippen molar-refractivity contribution in [3.8, 4) is 5.75 Å². The van der Waals surface area contributed by atoms with Crippen molar-refractivity contribution in [1.82, 2.24) is 19.5 Å². The molecule has 1 aliphatic rings. The van der Waals surface area contributed by atoms with Gasteiger partial charge in [0.25, 0.3) is 0 Å². The van der Waals surface area contributed by atoms with Crippen LogP contribution < -0.4 is 10.1 Å². The number of carbonyl (C=O) groups excluding carboxylic acids is 1. The van der Waals surface area contributed by atoms with E-state index in [0.29, 0.717) is 25.4 Å². The highest BCUT2D eigenvalue weighted by atomic mass is 79.9. The second kappa shape index (κ2) is 8.89. The molecular formula is C18H21BrN4O4S. The Hall–Kier alpha value is -2.17. The molecule has 2 amide bonds. The van der Waals surface area contributed by atoms with Crippen molar-refractivity contribution in [2.75, 3.05) is 33.3 Å². The molecule has 1 aliphatic heterocycles. The Morgan fingerprint density at radius 3 is 2.64 bits per heavy atom. The Kier molecular flexibility index (Phi) is 6.53. The summed E-state index contributed by atoms with van der Waals surface area (Å²) in [5, 5.41) is 2.86. The maximum atomic E-state index is 12.6. The van der Waals surface area contributed by atoms with Gasteiger partial charge >= 0.3 is 6.03 Å². The lowest BCUT2D eigenvalue weighted by atomic mass is 10.2. The van der Waals surface area contributed by atoms with Crippen molar-refractivity contribution in [1.29, 1.82) is 0 Å². The molecule has 1 aromatic heterocycles. The number of pyridine rings is 1. The summed E-state index contributed by atoms with van der Waals surface area (Å²) in [6, 6.07) is 8.46. The Morgan fingerprint density at radius 1 is 1.25 bits per heavy atom. The zero-order chi connectivity index (χ0) is 20.1. The van der Waals surface area contributed by atoms with Crippen LogP contribution >= 0.6 is 15.9 Å². The van der Waals surface area contributed by atoms with E-state index in [9.17, 15) is 13.2 Å². The molecule has 0 bridgehead atoms. The minimum Gasteiger partial charge on any atom is -0.496 e. The van der Waals surface area contributed by atoms with Crippen LogP contribution in [0.1, 0.15) is 5.56 Å². The molecule has 150 valence electrons. The van der Waals surface area contributed by atoms with Crippen LogP contribution in [0, 0.1) is 0 Å². The topological polar surface area (TPSA) is 91.8 Å². The largest absolute Gasteiger partial charge is 0.496 e. The number of hydrogen-bond donors (Lipinski definition) is 1. The second-order valence-corrected chi connectivity index (χ2v) is 9.05. The van der Waals surface area contributed by atoms with Crippen molar-refractivity contribution in [3.05, 3.63) is 52.8 Å². The van der Waals surface area contributed by atoms with Crippen LogP contribution in [0.3, 0.4) is 0 Å². The highest BCUT2D eigenvalue weighted by Crippen LogP contribution is 2.23. The van der Waals surface area contributed by atoms with Crippen LogP contribution in [-0.2, 0) is 16.6 Å². The molecule has 8 nitrogen and oxygen atoms in total. The summed E-state index contributed by atoms with van der Waals surface area (Å²) >= 11 is 3.41. The molecule has 0 unspecified atom stereocenters. The summed E-state index contributed by atoms with van der Waals surface area (Å²) in [5.74, 6) is 0.691. The normalized spacial score (nSPS) is 15.3. The first-order valence-electron chi connectivity index (χ1n) is 8.67. The standard InChI is InChI=1S/C18H21BrN4O4S/c1-27-17-5-4-15(19)11-14(17)12-21-18(24)22-7-9-23(10-8-22)28(25,26)16-3-2-6-20-13-16/h2-6,11,13H,7-10,12H2,1H3,(H,21,24). The smallest absolute Gasteiger partial charge is 0.317 e. The number of nitrogens with one attached hydrogen (secondary N) is 1. The van der Waals surface area contributed by atoms with E-state index < -0.39 is 10.0 Å². The van der Waals surface area contributed by atoms with Crippen LogP contribution in [0.15, 0.2) is 52.1 Å². The molecule has 1 saturated heterocycles. The number of ether oxygens (including phenoxy) is 1. The van der Waals surface area contributed by atoms with Crippen LogP contribution in [0.25, 0.3) is 0 Å². The molecule has 0 radical (unpaired) electrons. The first kappa shape index (κ1) is 20.6. The molecule has 2 heterocycles. The number of halogens is 1. The fourth-order valence-corrected chi connectivity index (χ4v) is 4.74. The van der Waals surface area contributed by atoms with Crippen LogP contribution in [0.4, 0.5) is 4.79 Å². The molecule has 1 aromatic carbocycles. The van der Waals surface area contributed by atoms with Crippen molar-refractivity contribution in [2.24, 2.45) is 0 Å². The van der Waals surface area contributed by atoms with Gasteiger partial charge in [0, 0.05) is 55.2 Å². The summed E-state index contributed by atoms with van der Waals surface area (Å²) in [5.41, 5.74) is 0.850. The fraction of sp³-hybridized carbons (Fsp3) is 0.333. The summed E-state index contributed by atoms with van der Waals surface area (Å²) in [7, 11) is -2.01. The quantitative estimate of drug-likeness (QED) is 0.724. The number of benzene rings is 1. The van der Waals surface area contributed by atoms with Gasteiger partial charge in [-0.15, -0.1) is 0 Å². The van der Waals surface area contributed by atoms with Gasteiger partial charge in [-0.05, 0) is 30.3 Å². The number of urea groups is 1. The minimum atomic E-state index is -3.59. The number of rotatable bonds is 5. The first-order chi connectivity index (χ1) is 13.4. The van der Waals surface area contributed by atoms with E-state index >= 15 is 0 Å². The minimum absolute atomic E-state index is 0.162. The lowest BCUT2D eigenvalue weighted by Gasteiger charge is -2.34. The van der Waals surface area contributed by atoms with Gasteiger partial charge < -0.3 is 15.0 Å². The number of sulfonamides is 1. The maximum absolute atomic E-state index is 12.6. The molecule has 0 aliphatic carbocycles. The van der Waals surface area contributed by atoms with Gasteiger partial charge in [-0.1, -0.05) is 15.9 Å². The van der Waals surface area contributed by atoms with Crippen molar-refractivity contribution >= 4 is 32.0 Å². The number of nitrogens with zero attached hydrogens (tertiary/aromatic N) is 3. The second-order valence-electron chi connectivity index (χ2n) is 6.19. The van der Waals surface area contributed by atoms with Crippen molar-refractivity contribution in [2.45, 2.75) is 11.4 Å². The van der Waals surface area contributed by atoms with E-state index in [4.69, 9.17) is 4.74 Å².